The molecule has 3 nitrogen and oxygen atoms in total. The molecule has 0 spiro atoms. The highest BCUT2D eigenvalue weighted by atomic mass is 32.1. The molecule has 0 bridgehead atoms. The number of carbonyl (C=O) groups excluding carboxylic acids is 1. The molecule has 1 fully saturated rings. The molecular formula is C17H19NO2S. The Morgan fingerprint density at radius 3 is 3.05 bits per heavy atom. The number of thiophene rings is 1. The number of nitrogens with one attached hydrogen (secondary N) is 1. The Labute approximate surface area is 128 Å². The van der Waals surface area contributed by atoms with Crippen molar-refractivity contribution in [1.29, 1.82) is 0 Å². The molecule has 3 rings (SSSR count). The molecule has 2 heterocycles. The normalized spacial score (nSPS) is 20.8. The van der Waals surface area contributed by atoms with Crippen LogP contribution in [0, 0.1) is 5.92 Å². The number of carbonyl (C=O) groups is 1. The van der Waals surface area contributed by atoms with Gasteiger partial charge in [0.1, 0.15) is 11.5 Å². The smallest absolute Gasteiger partial charge is 0.244 e. The van der Waals surface area contributed by atoms with E-state index in [1.165, 1.54) is 17.4 Å². The zero-order valence-corrected chi connectivity index (χ0v) is 12.9. The molecule has 2 atom stereocenters. The first-order valence-electron chi connectivity index (χ1n) is 7.30. The van der Waals surface area contributed by atoms with E-state index in [9.17, 15) is 4.79 Å². The summed E-state index contributed by atoms with van der Waals surface area (Å²) in [6, 6.07) is 8.05. The lowest BCUT2D eigenvalue weighted by Crippen LogP contribution is -2.23. The Kier molecular flexibility index (Phi) is 4.25. The predicted molar refractivity (Wildman–Crippen MR) is 85.3 cm³/mol. The molecule has 1 N–H and O–H groups in total. The van der Waals surface area contributed by atoms with Crippen LogP contribution in [0.25, 0.3) is 6.08 Å². The summed E-state index contributed by atoms with van der Waals surface area (Å²) in [6.07, 6.45) is 5.35. The fraction of sp³-hybridized carbons (Fsp3) is 0.353. The summed E-state index contributed by atoms with van der Waals surface area (Å²) in [5.41, 5.74) is 0. The molecule has 1 saturated carbocycles. The molecule has 21 heavy (non-hydrogen) atoms. The molecule has 110 valence electrons. The third-order valence-corrected chi connectivity index (χ3v) is 4.71. The van der Waals surface area contributed by atoms with E-state index in [2.05, 4.69) is 18.3 Å². The van der Waals surface area contributed by atoms with Gasteiger partial charge in [-0.25, -0.2) is 0 Å². The van der Waals surface area contributed by atoms with Crippen molar-refractivity contribution in [2.45, 2.75) is 25.7 Å². The quantitative estimate of drug-likeness (QED) is 0.824. The summed E-state index contributed by atoms with van der Waals surface area (Å²) in [6.45, 7) is 2.89. The van der Waals surface area contributed by atoms with Crippen molar-refractivity contribution in [2.75, 3.05) is 6.54 Å². The first-order valence-corrected chi connectivity index (χ1v) is 8.18. The average Bonchev–Trinajstić information content (AvgIpc) is 2.90. The highest BCUT2D eigenvalue weighted by Crippen LogP contribution is 2.47. The van der Waals surface area contributed by atoms with Crippen LogP contribution in [0.4, 0.5) is 0 Å². The van der Waals surface area contributed by atoms with Crippen LogP contribution in [0.5, 0.6) is 0 Å². The maximum Gasteiger partial charge on any atom is 0.244 e. The standard InChI is InChI=1S/C17H19NO2S/c1-12-11-15(12)16-6-4-13(20-16)5-7-17(19)18-9-8-14-3-2-10-21-14/h2-7,10,12,15H,8-9,11H2,1H3,(H,18,19)/b7-5+. The van der Waals surface area contributed by atoms with E-state index in [4.69, 9.17) is 4.42 Å². The highest BCUT2D eigenvalue weighted by molar-refractivity contribution is 7.09. The van der Waals surface area contributed by atoms with Crippen LogP contribution >= 0.6 is 11.3 Å². The van der Waals surface area contributed by atoms with Gasteiger partial charge in [0.05, 0.1) is 0 Å². The van der Waals surface area contributed by atoms with Gasteiger partial charge in [-0.2, -0.15) is 0 Å². The van der Waals surface area contributed by atoms with Crippen molar-refractivity contribution < 1.29 is 9.21 Å². The van der Waals surface area contributed by atoms with E-state index >= 15 is 0 Å². The monoisotopic (exact) mass is 301 g/mol. The van der Waals surface area contributed by atoms with E-state index in [0.717, 1.165) is 23.9 Å². The Balaban J connectivity index is 1.44. The van der Waals surface area contributed by atoms with Crippen molar-refractivity contribution in [3.8, 4) is 0 Å². The third kappa shape index (κ3) is 3.85. The molecule has 0 aliphatic heterocycles. The maximum atomic E-state index is 11.7. The second-order valence-corrected chi connectivity index (χ2v) is 6.55. The van der Waals surface area contributed by atoms with E-state index in [-0.39, 0.29) is 5.91 Å². The van der Waals surface area contributed by atoms with Gasteiger partial charge >= 0.3 is 0 Å². The lowest BCUT2D eigenvalue weighted by atomic mass is 10.3. The zero-order valence-electron chi connectivity index (χ0n) is 12.0. The molecule has 1 amide bonds. The Morgan fingerprint density at radius 2 is 2.33 bits per heavy atom. The molecule has 1 aliphatic rings. The molecule has 0 radical (unpaired) electrons. The van der Waals surface area contributed by atoms with Crippen LogP contribution < -0.4 is 5.32 Å². The van der Waals surface area contributed by atoms with Crippen molar-refractivity contribution in [2.24, 2.45) is 5.92 Å². The Morgan fingerprint density at radius 1 is 1.48 bits per heavy atom. The minimum atomic E-state index is -0.0794. The summed E-state index contributed by atoms with van der Waals surface area (Å²) in [5, 5.41) is 4.93. The highest BCUT2D eigenvalue weighted by Gasteiger charge is 2.36. The van der Waals surface area contributed by atoms with E-state index in [1.807, 2.05) is 23.6 Å². The van der Waals surface area contributed by atoms with Gasteiger partial charge in [0.2, 0.25) is 5.91 Å². The van der Waals surface area contributed by atoms with Crippen LogP contribution in [0.3, 0.4) is 0 Å². The Bertz CT molecular complexity index is 627. The zero-order chi connectivity index (χ0) is 14.7. The number of rotatable bonds is 6. The summed E-state index contributed by atoms with van der Waals surface area (Å²) in [4.78, 5) is 13.0. The minimum Gasteiger partial charge on any atom is -0.461 e. The molecule has 1 aliphatic carbocycles. The van der Waals surface area contributed by atoms with Crippen LogP contribution in [-0.4, -0.2) is 12.5 Å². The SMILES string of the molecule is CC1CC1c1ccc(/C=C/C(=O)NCCc2cccs2)o1. The fourth-order valence-electron chi connectivity index (χ4n) is 2.36. The summed E-state index contributed by atoms with van der Waals surface area (Å²) in [5.74, 6) is 3.02. The van der Waals surface area contributed by atoms with Gasteiger partial charge in [-0.05, 0) is 48.4 Å². The topological polar surface area (TPSA) is 42.2 Å². The molecule has 0 aromatic carbocycles. The molecule has 4 heteroatoms. The largest absolute Gasteiger partial charge is 0.461 e. The number of hydrogen-bond donors (Lipinski definition) is 1. The van der Waals surface area contributed by atoms with E-state index in [0.29, 0.717) is 12.5 Å². The van der Waals surface area contributed by atoms with Gasteiger partial charge < -0.3 is 9.73 Å². The average molecular weight is 301 g/mol. The van der Waals surface area contributed by atoms with Crippen LogP contribution in [0.2, 0.25) is 0 Å². The van der Waals surface area contributed by atoms with Crippen molar-refractivity contribution in [3.05, 3.63) is 52.1 Å². The first kappa shape index (κ1) is 14.1. The first-order chi connectivity index (χ1) is 10.2. The number of furan rings is 1. The van der Waals surface area contributed by atoms with Gasteiger partial charge in [-0.15, -0.1) is 11.3 Å². The van der Waals surface area contributed by atoms with Gasteiger partial charge in [0.25, 0.3) is 0 Å². The van der Waals surface area contributed by atoms with Crippen LogP contribution in [0.15, 0.2) is 40.1 Å². The Hall–Kier alpha value is -1.81. The van der Waals surface area contributed by atoms with Crippen molar-refractivity contribution in [3.63, 3.8) is 0 Å². The van der Waals surface area contributed by atoms with Crippen molar-refractivity contribution >= 4 is 23.3 Å². The lowest BCUT2D eigenvalue weighted by Gasteiger charge is -1.99. The minimum absolute atomic E-state index is 0.0794. The predicted octanol–water partition coefficient (Wildman–Crippen LogP) is 3.84. The van der Waals surface area contributed by atoms with Gasteiger partial charge in [-0.3, -0.25) is 4.79 Å². The molecule has 2 aromatic rings. The molecular weight excluding hydrogens is 282 g/mol. The van der Waals surface area contributed by atoms with Gasteiger partial charge in [-0.1, -0.05) is 13.0 Å². The van der Waals surface area contributed by atoms with Gasteiger partial charge in [0.15, 0.2) is 0 Å². The second-order valence-electron chi connectivity index (χ2n) is 5.51. The number of amides is 1. The number of hydrogen-bond acceptors (Lipinski definition) is 3. The second kappa shape index (κ2) is 6.31. The molecule has 0 saturated heterocycles. The third-order valence-electron chi connectivity index (χ3n) is 3.77. The summed E-state index contributed by atoms with van der Waals surface area (Å²) >= 11 is 1.71. The fourth-order valence-corrected chi connectivity index (χ4v) is 3.07. The lowest BCUT2D eigenvalue weighted by molar-refractivity contribution is -0.116. The maximum absolute atomic E-state index is 11.7. The van der Waals surface area contributed by atoms with E-state index in [1.54, 1.807) is 17.4 Å². The molecule has 2 unspecified atom stereocenters. The molecule has 2 aromatic heterocycles. The van der Waals surface area contributed by atoms with Gasteiger partial charge in [0, 0.05) is 23.4 Å². The summed E-state index contributed by atoms with van der Waals surface area (Å²) in [7, 11) is 0. The van der Waals surface area contributed by atoms with Crippen LogP contribution in [0.1, 0.15) is 35.7 Å². The van der Waals surface area contributed by atoms with Crippen molar-refractivity contribution in [1.82, 2.24) is 5.32 Å². The van der Waals surface area contributed by atoms with E-state index < -0.39 is 0 Å². The summed E-state index contributed by atoms with van der Waals surface area (Å²) < 4.78 is 5.73. The van der Waals surface area contributed by atoms with Crippen LogP contribution in [-0.2, 0) is 11.2 Å².